The number of ether oxygens (including phenoxy) is 2. The summed E-state index contributed by atoms with van der Waals surface area (Å²) in [6.07, 6.45) is 0.143. The maximum Gasteiger partial charge on any atom is 0.409 e. The van der Waals surface area contributed by atoms with Crippen LogP contribution in [0.1, 0.15) is 16.1 Å². The van der Waals surface area contributed by atoms with Gasteiger partial charge < -0.3 is 30.2 Å². The normalized spacial score (nSPS) is 12.2. The van der Waals surface area contributed by atoms with Crippen LogP contribution in [0.15, 0.2) is 47.1 Å². The van der Waals surface area contributed by atoms with Crippen LogP contribution < -0.4 is 16.4 Å². The first-order chi connectivity index (χ1) is 13.5. The first-order valence-electron chi connectivity index (χ1n) is 8.20. The third kappa shape index (κ3) is 7.07. The monoisotopic (exact) mass is 428 g/mol. The van der Waals surface area contributed by atoms with Gasteiger partial charge in [0.25, 0.3) is 5.91 Å². The van der Waals surface area contributed by atoms with Crippen LogP contribution in [0.25, 0.3) is 0 Å². The van der Waals surface area contributed by atoms with Gasteiger partial charge in [-0.05, 0) is 5.56 Å². The third-order valence-corrected chi connectivity index (χ3v) is 3.46. The molecular formula is C17H21ClN4O7. The molecule has 2 amide bonds. The fourth-order valence-electron chi connectivity index (χ4n) is 2.10. The van der Waals surface area contributed by atoms with E-state index < -0.39 is 30.2 Å². The Morgan fingerprint density at radius 3 is 2.48 bits per heavy atom. The molecule has 0 fully saturated rings. The van der Waals surface area contributed by atoms with Crippen LogP contribution in [-0.4, -0.2) is 53.7 Å². The Balaban J connectivity index is 0.00000420. The van der Waals surface area contributed by atoms with Crippen LogP contribution in [-0.2, 0) is 20.9 Å². The Morgan fingerprint density at radius 2 is 1.90 bits per heavy atom. The van der Waals surface area contributed by atoms with Gasteiger partial charge in [-0.25, -0.2) is 9.59 Å². The second kappa shape index (κ2) is 11.6. The number of nitrogens with two attached hydrogens (primary N) is 1. The number of hydrogen-bond acceptors (Lipinski definition) is 8. The quantitative estimate of drug-likeness (QED) is 0.311. The SMILES string of the molecule is Cl.NCCOCC(NC(=O)OCc1ccccc1)(NC(=O)c1ccno1)C(=O)O. The van der Waals surface area contributed by atoms with Crippen LogP contribution >= 0.6 is 12.4 Å². The van der Waals surface area contributed by atoms with E-state index >= 15 is 0 Å². The first-order valence-corrected chi connectivity index (χ1v) is 8.20. The molecular weight excluding hydrogens is 408 g/mol. The molecule has 29 heavy (non-hydrogen) atoms. The van der Waals surface area contributed by atoms with Gasteiger partial charge >= 0.3 is 12.1 Å². The Bertz CT molecular complexity index is 788. The summed E-state index contributed by atoms with van der Waals surface area (Å²) in [7, 11) is 0. The Morgan fingerprint density at radius 1 is 1.17 bits per heavy atom. The smallest absolute Gasteiger partial charge is 0.409 e. The zero-order chi connectivity index (χ0) is 20.4. The highest BCUT2D eigenvalue weighted by molar-refractivity contribution is 5.96. The molecule has 11 nitrogen and oxygen atoms in total. The summed E-state index contributed by atoms with van der Waals surface area (Å²) >= 11 is 0. The van der Waals surface area contributed by atoms with Crippen molar-refractivity contribution in [2.75, 3.05) is 19.8 Å². The van der Waals surface area contributed by atoms with Crippen LogP contribution in [0.5, 0.6) is 0 Å². The number of rotatable bonds is 10. The number of aliphatic carboxylic acids is 1. The van der Waals surface area contributed by atoms with E-state index in [1.54, 1.807) is 30.3 Å². The molecule has 2 rings (SSSR count). The van der Waals surface area contributed by atoms with E-state index in [1.807, 2.05) is 0 Å². The van der Waals surface area contributed by atoms with Gasteiger partial charge in [-0.15, -0.1) is 12.4 Å². The van der Waals surface area contributed by atoms with Crippen molar-refractivity contribution < 1.29 is 33.5 Å². The van der Waals surface area contributed by atoms with Crippen molar-refractivity contribution in [2.45, 2.75) is 12.3 Å². The molecule has 12 heteroatoms. The molecule has 0 saturated heterocycles. The van der Waals surface area contributed by atoms with E-state index in [2.05, 4.69) is 15.8 Å². The lowest BCUT2D eigenvalue weighted by Crippen LogP contribution is -2.68. The summed E-state index contributed by atoms with van der Waals surface area (Å²) < 4.78 is 14.9. The summed E-state index contributed by atoms with van der Waals surface area (Å²) in [5.74, 6) is -2.74. The maximum absolute atomic E-state index is 12.2. The first kappa shape index (κ1) is 23.9. The standard InChI is InChI=1S/C17H20N4O7.ClH/c18-7-9-26-11-17(15(23)24,20-14(22)13-6-8-19-28-13)21-16(25)27-10-12-4-2-1-3-5-12;/h1-6,8H,7,9-11,18H2,(H,20,22)(H,21,25)(H,23,24);1H. The average molecular weight is 429 g/mol. The number of nitrogens with zero attached hydrogens (tertiary/aromatic N) is 1. The minimum Gasteiger partial charge on any atom is -0.478 e. The minimum absolute atomic E-state index is 0. The number of nitrogens with one attached hydrogen (secondary N) is 2. The molecule has 0 aliphatic heterocycles. The predicted molar refractivity (Wildman–Crippen MR) is 101 cm³/mol. The van der Waals surface area contributed by atoms with Crippen molar-refractivity contribution in [3.8, 4) is 0 Å². The van der Waals surface area contributed by atoms with E-state index in [0.717, 1.165) is 0 Å². The molecule has 0 aliphatic carbocycles. The van der Waals surface area contributed by atoms with Crippen molar-refractivity contribution >= 4 is 30.4 Å². The molecule has 5 N–H and O–H groups in total. The molecule has 158 valence electrons. The summed E-state index contributed by atoms with van der Waals surface area (Å²) in [4.78, 5) is 36.3. The molecule has 1 unspecified atom stereocenters. The lowest BCUT2D eigenvalue weighted by molar-refractivity contribution is -0.149. The van der Waals surface area contributed by atoms with E-state index in [0.29, 0.717) is 5.56 Å². The molecule has 0 bridgehead atoms. The zero-order valence-corrected chi connectivity index (χ0v) is 16.0. The number of benzene rings is 1. The van der Waals surface area contributed by atoms with Gasteiger partial charge in [-0.2, -0.15) is 0 Å². The van der Waals surface area contributed by atoms with Gasteiger partial charge in [0.05, 0.1) is 19.4 Å². The number of halogens is 1. The molecule has 0 radical (unpaired) electrons. The van der Waals surface area contributed by atoms with Crippen molar-refractivity contribution in [1.82, 2.24) is 15.8 Å². The average Bonchev–Trinajstić information content (AvgIpc) is 3.22. The number of carboxylic acid groups (broad SMARTS) is 1. The molecule has 1 aromatic heterocycles. The fraction of sp³-hybridized carbons (Fsp3) is 0.294. The van der Waals surface area contributed by atoms with Gasteiger partial charge in [0.15, 0.2) is 0 Å². The van der Waals surface area contributed by atoms with Gasteiger partial charge in [-0.1, -0.05) is 35.5 Å². The third-order valence-electron chi connectivity index (χ3n) is 3.46. The highest BCUT2D eigenvalue weighted by atomic mass is 35.5. The highest BCUT2D eigenvalue weighted by Crippen LogP contribution is 2.08. The molecule has 2 aromatic rings. The van der Waals surface area contributed by atoms with Crippen molar-refractivity contribution in [1.29, 1.82) is 0 Å². The summed E-state index contributed by atoms with van der Waals surface area (Å²) in [6, 6.07) is 10.0. The second-order valence-electron chi connectivity index (χ2n) is 5.57. The number of carboxylic acids is 1. The number of alkyl carbamates (subject to hydrolysis) is 1. The maximum atomic E-state index is 12.2. The number of carbonyl (C=O) groups excluding carboxylic acids is 2. The van der Waals surface area contributed by atoms with E-state index in [1.165, 1.54) is 12.3 Å². The topological polar surface area (TPSA) is 166 Å². The van der Waals surface area contributed by atoms with E-state index in [4.69, 9.17) is 19.7 Å². The number of hydrogen-bond donors (Lipinski definition) is 4. The minimum atomic E-state index is -2.31. The van der Waals surface area contributed by atoms with Gasteiger partial charge in [0, 0.05) is 12.6 Å². The lowest BCUT2D eigenvalue weighted by Gasteiger charge is -2.30. The van der Waals surface area contributed by atoms with Gasteiger partial charge in [0.2, 0.25) is 11.4 Å². The second-order valence-corrected chi connectivity index (χ2v) is 5.57. The van der Waals surface area contributed by atoms with Crippen molar-refractivity contribution in [3.05, 3.63) is 53.9 Å². The number of amides is 2. The molecule has 0 aliphatic rings. The fourth-order valence-corrected chi connectivity index (χ4v) is 2.10. The summed E-state index contributed by atoms with van der Waals surface area (Å²) in [5, 5.41) is 17.3. The van der Waals surface area contributed by atoms with Crippen molar-refractivity contribution in [2.24, 2.45) is 5.73 Å². The Labute approximate surface area is 171 Å². The highest BCUT2D eigenvalue weighted by Gasteiger charge is 2.43. The van der Waals surface area contributed by atoms with Crippen molar-refractivity contribution in [3.63, 3.8) is 0 Å². The largest absolute Gasteiger partial charge is 0.478 e. The predicted octanol–water partition coefficient (Wildman–Crippen LogP) is 0.509. The summed E-state index contributed by atoms with van der Waals surface area (Å²) in [5.41, 5.74) is 3.72. The number of carbonyl (C=O) groups is 3. The van der Waals surface area contributed by atoms with E-state index in [9.17, 15) is 19.5 Å². The summed E-state index contributed by atoms with van der Waals surface area (Å²) in [6.45, 7) is -0.569. The zero-order valence-electron chi connectivity index (χ0n) is 15.2. The Kier molecular flexibility index (Phi) is 9.59. The molecule has 0 spiro atoms. The van der Waals surface area contributed by atoms with Gasteiger partial charge in [0.1, 0.15) is 6.61 Å². The van der Waals surface area contributed by atoms with Gasteiger partial charge in [-0.3, -0.25) is 10.1 Å². The molecule has 1 heterocycles. The van der Waals surface area contributed by atoms with Crippen LogP contribution in [0.3, 0.4) is 0 Å². The Hall–Kier alpha value is -3.15. The van der Waals surface area contributed by atoms with Crippen LogP contribution in [0, 0.1) is 0 Å². The molecule has 1 atom stereocenters. The van der Waals surface area contributed by atoms with Crippen LogP contribution in [0.2, 0.25) is 0 Å². The van der Waals surface area contributed by atoms with E-state index in [-0.39, 0.29) is 37.9 Å². The lowest BCUT2D eigenvalue weighted by atomic mass is 10.1. The molecule has 0 saturated carbocycles. The van der Waals surface area contributed by atoms with Crippen LogP contribution in [0.4, 0.5) is 4.79 Å². The number of aromatic nitrogens is 1. The molecule has 1 aromatic carbocycles.